The number of likely N-dealkylation sites (tertiary alicyclic amines) is 1. The van der Waals surface area contributed by atoms with Crippen molar-refractivity contribution in [3.05, 3.63) is 53.7 Å². The second-order valence-electron chi connectivity index (χ2n) is 8.92. The average molecular weight is 440 g/mol. The number of halogens is 1. The van der Waals surface area contributed by atoms with Crippen molar-refractivity contribution in [2.75, 3.05) is 13.1 Å². The van der Waals surface area contributed by atoms with Crippen LogP contribution in [-0.2, 0) is 4.74 Å². The molecule has 0 aliphatic carbocycles. The van der Waals surface area contributed by atoms with Gasteiger partial charge in [-0.25, -0.2) is 18.7 Å². The van der Waals surface area contributed by atoms with Gasteiger partial charge in [-0.05, 0) is 57.9 Å². The SMILES string of the molecule is CC(C)(C)OC(=O)N1CCCC(c2nn(-c3ccc(F)cc3C(=O)O)c3cnccc23)C1. The molecule has 1 unspecified atom stereocenters. The van der Waals surface area contributed by atoms with Gasteiger partial charge in [0.15, 0.2) is 0 Å². The zero-order chi connectivity index (χ0) is 23.0. The minimum Gasteiger partial charge on any atom is -0.478 e. The number of hydrogen-bond acceptors (Lipinski definition) is 5. The molecule has 1 atom stereocenters. The van der Waals surface area contributed by atoms with Crippen LogP contribution in [0.1, 0.15) is 55.6 Å². The zero-order valence-corrected chi connectivity index (χ0v) is 18.2. The van der Waals surface area contributed by atoms with Crippen molar-refractivity contribution in [2.45, 2.75) is 45.1 Å². The summed E-state index contributed by atoms with van der Waals surface area (Å²) >= 11 is 0. The highest BCUT2D eigenvalue weighted by Gasteiger charge is 2.31. The first-order chi connectivity index (χ1) is 15.1. The van der Waals surface area contributed by atoms with Gasteiger partial charge >= 0.3 is 12.1 Å². The number of piperidine rings is 1. The molecule has 0 radical (unpaired) electrons. The van der Waals surface area contributed by atoms with Crippen LogP contribution >= 0.6 is 0 Å². The number of pyridine rings is 1. The summed E-state index contributed by atoms with van der Waals surface area (Å²) in [6.45, 7) is 6.54. The number of benzene rings is 1. The molecule has 1 aromatic carbocycles. The van der Waals surface area contributed by atoms with Crippen LogP contribution in [-0.4, -0.2) is 55.5 Å². The minimum atomic E-state index is -1.25. The van der Waals surface area contributed by atoms with Gasteiger partial charge in [0.25, 0.3) is 0 Å². The number of carboxylic acid groups (broad SMARTS) is 1. The Morgan fingerprint density at radius 1 is 1.25 bits per heavy atom. The predicted molar refractivity (Wildman–Crippen MR) is 116 cm³/mol. The monoisotopic (exact) mass is 440 g/mol. The fourth-order valence-electron chi connectivity index (χ4n) is 4.03. The number of aromatic carboxylic acids is 1. The van der Waals surface area contributed by atoms with E-state index in [1.165, 1.54) is 16.8 Å². The third-order valence-corrected chi connectivity index (χ3v) is 5.39. The first kappa shape index (κ1) is 21.7. The van der Waals surface area contributed by atoms with Gasteiger partial charge in [-0.15, -0.1) is 0 Å². The van der Waals surface area contributed by atoms with Crippen molar-refractivity contribution in [3.8, 4) is 5.69 Å². The first-order valence-corrected chi connectivity index (χ1v) is 10.5. The number of fused-ring (bicyclic) bond motifs is 1. The number of hydrogen-bond donors (Lipinski definition) is 1. The molecule has 168 valence electrons. The molecule has 9 heteroatoms. The largest absolute Gasteiger partial charge is 0.478 e. The molecule has 32 heavy (non-hydrogen) atoms. The summed E-state index contributed by atoms with van der Waals surface area (Å²) in [7, 11) is 0. The normalized spacial score (nSPS) is 16.9. The first-order valence-electron chi connectivity index (χ1n) is 10.5. The molecule has 3 aromatic rings. The lowest BCUT2D eigenvalue weighted by atomic mass is 9.93. The van der Waals surface area contributed by atoms with Crippen LogP contribution in [0.2, 0.25) is 0 Å². The smallest absolute Gasteiger partial charge is 0.410 e. The Balaban J connectivity index is 1.74. The van der Waals surface area contributed by atoms with Crippen LogP contribution in [0.15, 0.2) is 36.7 Å². The summed E-state index contributed by atoms with van der Waals surface area (Å²) in [6, 6.07) is 5.41. The van der Waals surface area contributed by atoms with Crippen LogP contribution in [0.4, 0.5) is 9.18 Å². The van der Waals surface area contributed by atoms with Crippen molar-refractivity contribution in [1.29, 1.82) is 0 Å². The van der Waals surface area contributed by atoms with Gasteiger partial charge in [-0.2, -0.15) is 5.10 Å². The van der Waals surface area contributed by atoms with Crippen molar-refractivity contribution >= 4 is 23.0 Å². The van der Waals surface area contributed by atoms with Gasteiger partial charge < -0.3 is 14.7 Å². The van der Waals surface area contributed by atoms with Crippen LogP contribution in [0.25, 0.3) is 16.6 Å². The van der Waals surface area contributed by atoms with Crippen LogP contribution in [0, 0.1) is 5.82 Å². The molecule has 4 rings (SSSR count). The summed E-state index contributed by atoms with van der Waals surface area (Å²) in [5.74, 6) is -1.94. The second-order valence-corrected chi connectivity index (χ2v) is 8.92. The third kappa shape index (κ3) is 4.28. The molecule has 1 N–H and O–H groups in total. The van der Waals surface area contributed by atoms with Crippen LogP contribution in [0.5, 0.6) is 0 Å². The van der Waals surface area contributed by atoms with E-state index in [1.54, 1.807) is 17.3 Å². The Morgan fingerprint density at radius 3 is 2.75 bits per heavy atom. The number of rotatable bonds is 3. The van der Waals surface area contributed by atoms with Crippen molar-refractivity contribution < 1.29 is 23.8 Å². The van der Waals surface area contributed by atoms with Crippen LogP contribution < -0.4 is 0 Å². The fourth-order valence-corrected chi connectivity index (χ4v) is 4.03. The third-order valence-electron chi connectivity index (χ3n) is 5.39. The van der Waals surface area contributed by atoms with Gasteiger partial charge in [0.05, 0.1) is 28.7 Å². The molecule has 8 nitrogen and oxygen atoms in total. The van der Waals surface area contributed by atoms with E-state index in [1.807, 2.05) is 26.8 Å². The van der Waals surface area contributed by atoms with E-state index in [4.69, 9.17) is 9.84 Å². The Bertz CT molecular complexity index is 1180. The number of carbonyl (C=O) groups excluding carboxylic acids is 1. The van der Waals surface area contributed by atoms with E-state index in [9.17, 15) is 19.1 Å². The lowest BCUT2D eigenvalue weighted by Crippen LogP contribution is -2.42. The molecule has 2 aromatic heterocycles. The standard InChI is InChI=1S/C23H25FN4O4/c1-23(2,3)32-22(31)27-10-4-5-14(13-27)20-16-8-9-25-12-19(16)28(26-20)18-7-6-15(24)11-17(18)21(29)30/h6-9,11-12,14H,4-5,10,13H2,1-3H3,(H,29,30). The summed E-state index contributed by atoms with van der Waals surface area (Å²) in [6.07, 6.45) is 4.51. The molecular formula is C23H25FN4O4. The maximum atomic E-state index is 13.7. The van der Waals surface area contributed by atoms with Gasteiger partial charge in [0.1, 0.15) is 11.4 Å². The Labute approximate surface area is 184 Å². The van der Waals surface area contributed by atoms with Crippen molar-refractivity contribution in [2.24, 2.45) is 0 Å². The summed E-state index contributed by atoms with van der Waals surface area (Å²) < 4.78 is 20.7. The lowest BCUT2D eigenvalue weighted by Gasteiger charge is -2.33. The number of amides is 1. The van der Waals surface area contributed by atoms with Crippen molar-refractivity contribution in [1.82, 2.24) is 19.7 Å². The molecule has 1 aliphatic heterocycles. The van der Waals surface area contributed by atoms with Crippen molar-refractivity contribution in [3.63, 3.8) is 0 Å². The van der Waals surface area contributed by atoms with E-state index in [2.05, 4.69) is 4.98 Å². The number of carbonyl (C=O) groups is 2. The molecule has 0 spiro atoms. The average Bonchev–Trinajstić information content (AvgIpc) is 3.12. The molecule has 1 aliphatic rings. The molecule has 0 saturated carbocycles. The minimum absolute atomic E-state index is 0.0591. The summed E-state index contributed by atoms with van der Waals surface area (Å²) in [5.41, 5.74) is 0.842. The highest BCUT2D eigenvalue weighted by molar-refractivity contribution is 5.93. The zero-order valence-electron chi connectivity index (χ0n) is 18.2. The van der Waals surface area contributed by atoms with Gasteiger partial charge in [-0.3, -0.25) is 4.98 Å². The van der Waals surface area contributed by atoms with E-state index >= 15 is 0 Å². The maximum absolute atomic E-state index is 13.7. The fraction of sp³-hybridized carbons (Fsp3) is 0.391. The molecule has 1 saturated heterocycles. The van der Waals surface area contributed by atoms with Crippen LogP contribution in [0.3, 0.4) is 0 Å². The van der Waals surface area contributed by atoms with Gasteiger partial charge in [0, 0.05) is 30.6 Å². The molecular weight excluding hydrogens is 415 g/mol. The number of carboxylic acids is 1. The number of ether oxygens (including phenoxy) is 1. The number of aromatic nitrogens is 3. The van der Waals surface area contributed by atoms with Gasteiger partial charge in [-0.1, -0.05) is 0 Å². The van der Waals surface area contributed by atoms with E-state index in [0.29, 0.717) is 18.6 Å². The highest BCUT2D eigenvalue weighted by Crippen LogP contribution is 2.33. The molecule has 1 amide bonds. The second kappa shape index (κ2) is 8.22. The molecule has 0 bridgehead atoms. The molecule has 1 fully saturated rings. The Morgan fingerprint density at radius 2 is 2.03 bits per heavy atom. The maximum Gasteiger partial charge on any atom is 0.410 e. The summed E-state index contributed by atoms with van der Waals surface area (Å²) in [5, 5.41) is 15.1. The predicted octanol–water partition coefficient (Wildman–Crippen LogP) is 4.37. The molecule has 3 heterocycles. The Hall–Kier alpha value is -3.49. The summed E-state index contributed by atoms with van der Waals surface area (Å²) in [4.78, 5) is 30.2. The van der Waals surface area contributed by atoms with Gasteiger partial charge in [0.2, 0.25) is 0 Å². The topological polar surface area (TPSA) is 97.6 Å². The lowest BCUT2D eigenvalue weighted by molar-refractivity contribution is 0.0197. The highest BCUT2D eigenvalue weighted by atomic mass is 19.1. The number of nitrogens with zero attached hydrogens (tertiary/aromatic N) is 4. The van der Waals surface area contributed by atoms with E-state index in [-0.39, 0.29) is 23.3 Å². The van der Waals surface area contributed by atoms with E-state index in [0.717, 1.165) is 30.0 Å². The van der Waals surface area contributed by atoms with E-state index < -0.39 is 17.4 Å². The quantitative estimate of drug-likeness (QED) is 0.649. The Kier molecular flexibility index (Phi) is 5.58.